The summed E-state index contributed by atoms with van der Waals surface area (Å²) in [6.45, 7) is 0. The fourth-order valence-corrected chi connectivity index (χ4v) is 1.92. The van der Waals surface area contributed by atoms with Gasteiger partial charge in [-0.3, -0.25) is 0 Å². The Balaban J connectivity index is 0.00000120. The molecule has 1 aromatic carbocycles. The van der Waals surface area contributed by atoms with Crippen LogP contribution in [0.5, 0.6) is 5.75 Å². The molecule has 0 aliphatic heterocycles. The van der Waals surface area contributed by atoms with Gasteiger partial charge in [0, 0.05) is 29.9 Å². The Labute approximate surface area is 111 Å². The fraction of sp³-hybridized carbons (Fsp3) is 0.231. The van der Waals surface area contributed by atoms with Crippen LogP contribution in [0, 0.1) is 0 Å². The molecular weight excluding hydrogens is 250 g/mol. The molecule has 0 unspecified atom stereocenters. The van der Waals surface area contributed by atoms with Crippen molar-refractivity contribution in [3.05, 3.63) is 42.2 Å². The highest BCUT2D eigenvalue weighted by molar-refractivity contribution is 5.85. The van der Waals surface area contributed by atoms with Gasteiger partial charge in [-0.1, -0.05) is 12.1 Å². The quantitative estimate of drug-likeness (QED) is 0.870. The van der Waals surface area contributed by atoms with Gasteiger partial charge in [0.05, 0.1) is 0 Å². The normalized spacial score (nSPS) is 21.2. The second kappa shape index (κ2) is 4.92. The Morgan fingerprint density at radius 3 is 2.44 bits per heavy atom. The zero-order valence-electron chi connectivity index (χ0n) is 9.65. The summed E-state index contributed by atoms with van der Waals surface area (Å²) in [6, 6.07) is 7.19. The van der Waals surface area contributed by atoms with Crippen LogP contribution >= 0.6 is 12.4 Å². The molecule has 0 radical (unpaired) electrons. The fourth-order valence-electron chi connectivity index (χ4n) is 1.92. The summed E-state index contributed by atoms with van der Waals surface area (Å²) in [7, 11) is 0. The number of halogens is 1. The van der Waals surface area contributed by atoms with E-state index in [1.54, 1.807) is 18.2 Å². The minimum absolute atomic E-state index is 0. The Morgan fingerprint density at radius 1 is 1.22 bits per heavy atom. The van der Waals surface area contributed by atoms with Gasteiger partial charge in [0.25, 0.3) is 0 Å². The molecule has 1 fully saturated rings. The zero-order valence-corrected chi connectivity index (χ0v) is 10.5. The van der Waals surface area contributed by atoms with Crippen LogP contribution in [-0.2, 0) is 0 Å². The van der Waals surface area contributed by atoms with E-state index < -0.39 is 0 Å². The zero-order chi connectivity index (χ0) is 11.8. The van der Waals surface area contributed by atoms with E-state index in [1.807, 2.05) is 18.5 Å². The number of hydrogen-bond donors (Lipinski definition) is 2. The Morgan fingerprint density at radius 2 is 1.89 bits per heavy atom. The molecule has 1 aromatic heterocycles. The summed E-state index contributed by atoms with van der Waals surface area (Å²) in [5.74, 6) is 1.27. The molecule has 1 heterocycles. The third-order valence-electron chi connectivity index (χ3n) is 3.04. The molecule has 94 valence electrons. The topological polar surface area (TPSA) is 72.0 Å². The van der Waals surface area contributed by atoms with Gasteiger partial charge < -0.3 is 10.8 Å². The predicted molar refractivity (Wildman–Crippen MR) is 71.7 cm³/mol. The smallest absolute Gasteiger partial charge is 0.159 e. The van der Waals surface area contributed by atoms with Crippen molar-refractivity contribution < 1.29 is 5.11 Å². The first kappa shape index (κ1) is 12.8. The monoisotopic (exact) mass is 263 g/mol. The summed E-state index contributed by atoms with van der Waals surface area (Å²) >= 11 is 0. The lowest BCUT2D eigenvalue weighted by atomic mass is 10.2. The average Bonchev–Trinajstić information content (AvgIpc) is 3.07. The molecule has 5 heteroatoms. The van der Waals surface area contributed by atoms with Crippen LogP contribution in [0.15, 0.2) is 36.7 Å². The molecule has 0 spiro atoms. The van der Waals surface area contributed by atoms with Crippen molar-refractivity contribution in [3.63, 3.8) is 0 Å². The van der Waals surface area contributed by atoms with Crippen molar-refractivity contribution in [2.45, 2.75) is 18.4 Å². The molecule has 3 rings (SSSR count). The van der Waals surface area contributed by atoms with Crippen LogP contribution in [0.3, 0.4) is 0 Å². The van der Waals surface area contributed by atoms with Crippen LogP contribution in [-0.4, -0.2) is 21.1 Å². The van der Waals surface area contributed by atoms with Crippen LogP contribution in [0.4, 0.5) is 0 Å². The molecule has 0 amide bonds. The van der Waals surface area contributed by atoms with Crippen molar-refractivity contribution in [3.8, 4) is 17.1 Å². The lowest BCUT2D eigenvalue weighted by Crippen LogP contribution is -2.01. The van der Waals surface area contributed by atoms with E-state index in [-0.39, 0.29) is 24.2 Å². The average molecular weight is 264 g/mol. The van der Waals surface area contributed by atoms with E-state index >= 15 is 0 Å². The first-order valence-electron chi connectivity index (χ1n) is 5.61. The van der Waals surface area contributed by atoms with Gasteiger partial charge in [0.1, 0.15) is 5.75 Å². The SMILES string of the molecule is Cl.N[C@H]1C[C@@H]1c1cnc(-c2cccc(O)c2)nc1. The molecule has 2 atom stereocenters. The van der Waals surface area contributed by atoms with E-state index in [4.69, 9.17) is 5.73 Å². The van der Waals surface area contributed by atoms with Crippen LogP contribution in [0.25, 0.3) is 11.4 Å². The van der Waals surface area contributed by atoms with Crippen LogP contribution < -0.4 is 5.73 Å². The molecule has 18 heavy (non-hydrogen) atoms. The maximum Gasteiger partial charge on any atom is 0.159 e. The van der Waals surface area contributed by atoms with Gasteiger partial charge in [-0.15, -0.1) is 12.4 Å². The molecule has 0 bridgehead atoms. The van der Waals surface area contributed by atoms with Crippen LogP contribution in [0.2, 0.25) is 0 Å². The van der Waals surface area contributed by atoms with Crippen molar-refractivity contribution in [2.75, 3.05) is 0 Å². The third-order valence-corrected chi connectivity index (χ3v) is 3.04. The Kier molecular flexibility index (Phi) is 3.50. The number of hydrogen-bond acceptors (Lipinski definition) is 4. The Hall–Kier alpha value is -1.65. The molecule has 4 nitrogen and oxygen atoms in total. The molecule has 2 aromatic rings. The number of aromatic nitrogens is 2. The van der Waals surface area contributed by atoms with Gasteiger partial charge in [-0.25, -0.2) is 9.97 Å². The number of rotatable bonds is 2. The largest absolute Gasteiger partial charge is 0.508 e. The highest BCUT2D eigenvalue weighted by atomic mass is 35.5. The summed E-state index contributed by atoms with van der Waals surface area (Å²) in [5, 5.41) is 9.39. The van der Waals surface area contributed by atoms with Gasteiger partial charge >= 0.3 is 0 Å². The van der Waals surface area contributed by atoms with Gasteiger partial charge in [0.15, 0.2) is 5.82 Å². The molecule has 1 aliphatic rings. The first-order chi connectivity index (χ1) is 8.24. The second-order valence-electron chi connectivity index (χ2n) is 4.40. The Bertz CT molecular complexity index is 544. The molecule has 3 N–H and O–H groups in total. The van der Waals surface area contributed by atoms with Crippen molar-refractivity contribution in [2.24, 2.45) is 5.73 Å². The standard InChI is InChI=1S/C13H13N3O.ClH/c14-12-5-11(12)9-6-15-13(16-7-9)8-2-1-3-10(17)4-8;/h1-4,6-7,11-12,17H,5,14H2;1H/t11-,12+;/m1./s1. The first-order valence-corrected chi connectivity index (χ1v) is 5.61. The molecular formula is C13H14ClN3O. The lowest BCUT2D eigenvalue weighted by molar-refractivity contribution is 0.475. The minimum Gasteiger partial charge on any atom is -0.508 e. The summed E-state index contributed by atoms with van der Waals surface area (Å²) in [5.41, 5.74) is 7.69. The van der Waals surface area contributed by atoms with Crippen molar-refractivity contribution in [1.29, 1.82) is 0 Å². The van der Waals surface area contributed by atoms with Gasteiger partial charge in [-0.05, 0) is 24.1 Å². The minimum atomic E-state index is 0. The van der Waals surface area contributed by atoms with E-state index in [0.717, 1.165) is 17.5 Å². The number of phenolic OH excluding ortho intramolecular Hbond substituents is 1. The highest BCUT2D eigenvalue weighted by Crippen LogP contribution is 2.38. The van der Waals surface area contributed by atoms with E-state index in [1.165, 1.54) is 0 Å². The number of nitrogens with zero attached hydrogens (tertiary/aromatic N) is 2. The number of nitrogens with two attached hydrogens (primary N) is 1. The van der Waals surface area contributed by atoms with Crippen molar-refractivity contribution in [1.82, 2.24) is 9.97 Å². The molecule has 1 saturated carbocycles. The maximum absolute atomic E-state index is 9.39. The molecule has 0 saturated heterocycles. The van der Waals surface area contributed by atoms with Gasteiger partial charge in [-0.2, -0.15) is 0 Å². The third kappa shape index (κ3) is 2.44. The molecule has 1 aliphatic carbocycles. The number of benzene rings is 1. The van der Waals surface area contributed by atoms with Gasteiger partial charge in [0.2, 0.25) is 0 Å². The lowest BCUT2D eigenvalue weighted by Gasteiger charge is -2.02. The summed E-state index contributed by atoms with van der Waals surface area (Å²) < 4.78 is 0. The predicted octanol–water partition coefficient (Wildman–Crippen LogP) is 2.09. The summed E-state index contributed by atoms with van der Waals surface area (Å²) in [4.78, 5) is 8.62. The van der Waals surface area contributed by atoms with E-state index in [0.29, 0.717) is 11.7 Å². The van der Waals surface area contributed by atoms with E-state index in [9.17, 15) is 5.11 Å². The number of aromatic hydroxyl groups is 1. The second-order valence-corrected chi connectivity index (χ2v) is 4.40. The maximum atomic E-state index is 9.39. The van der Waals surface area contributed by atoms with E-state index in [2.05, 4.69) is 9.97 Å². The number of phenols is 1. The van der Waals surface area contributed by atoms with Crippen LogP contribution in [0.1, 0.15) is 17.9 Å². The highest BCUT2D eigenvalue weighted by Gasteiger charge is 2.35. The summed E-state index contributed by atoms with van der Waals surface area (Å²) in [6.07, 6.45) is 4.67. The van der Waals surface area contributed by atoms with Crippen molar-refractivity contribution >= 4 is 12.4 Å².